The number of nitrogens with one attached hydrogen (secondary N) is 2. The molecule has 0 saturated heterocycles. The fourth-order valence-corrected chi connectivity index (χ4v) is 1.92. The van der Waals surface area contributed by atoms with Gasteiger partial charge in [0.25, 0.3) is 0 Å². The Morgan fingerprint density at radius 3 is 2.15 bits per heavy atom. The first-order valence-corrected chi connectivity index (χ1v) is 6.99. The number of thiocarbonyl (C=S) groups is 1. The van der Waals surface area contributed by atoms with Crippen LogP contribution in [0.2, 0.25) is 0 Å². The van der Waals surface area contributed by atoms with E-state index < -0.39 is 0 Å². The summed E-state index contributed by atoms with van der Waals surface area (Å²) >= 11 is 5.14. The molecule has 0 amide bonds. The molecular formula is C16H18N2OS. The van der Waals surface area contributed by atoms with E-state index in [1.165, 1.54) is 5.56 Å². The fourth-order valence-electron chi connectivity index (χ4n) is 1.76. The maximum absolute atomic E-state index is 5.33. The lowest BCUT2D eigenvalue weighted by atomic mass is 10.1. The summed E-state index contributed by atoms with van der Waals surface area (Å²) in [5, 5.41) is 3.62. The lowest BCUT2D eigenvalue weighted by Gasteiger charge is -2.10. The second-order valence-corrected chi connectivity index (χ2v) is 4.78. The Hall–Kier alpha value is -1.91. The Morgan fingerprint density at radius 1 is 0.900 bits per heavy atom. The predicted octanol–water partition coefficient (Wildman–Crippen LogP) is 2.83. The molecule has 0 bridgehead atoms. The molecule has 0 atom stereocenters. The van der Waals surface area contributed by atoms with E-state index in [1.807, 2.05) is 48.5 Å². The van der Waals surface area contributed by atoms with Gasteiger partial charge in [0.2, 0.25) is 0 Å². The molecule has 0 aliphatic heterocycles. The molecule has 104 valence electrons. The minimum Gasteiger partial charge on any atom is -0.361 e. The second-order valence-electron chi connectivity index (χ2n) is 4.37. The largest absolute Gasteiger partial charge is 0.361 e. The number of hydrogen-bond donors (Lipinski definition) is 2. The van der Waals surface area contributed by atoms with E-state index >= 15 is 0 Å². The Bertz CT molecular complexity index is 469. The van der Waals surface area contributed by atoms with Gasteiger partial charge in [0.05, 0.1) is 6.61 Å². The lowest BCUT2D eigenvalue weighted by Crippen LogP contribution is -2.36. The van der Waals surface area contributed by atoms with Crippen LogP contribution in [0.4, 0.5) is 0 Å². The quantitative estimate of drug-likeness (QED) is 0.632. The Morgan fingerprint density at radius 2 is 1.50 bits per heavy atom. The van der Waals surface area contributed by atoms with Gasteiger partial charge in [-0.05, 0) is 29.8 Å². The van der Waals surface area contributed by atoms with Crippen molar-refractivity contribution in [2.75, 3.05) is 6.54 Å². The molecule has 0 radical (unpaired) electrons. The van der Waals surface area contributed by atoms with E-state index in [-0.39, 0.29) is 0 Å². The molecule has 20 heavy (non-hydrogen) atoms. The Labute approximate surface area is 124 Å². The van der Waals surface area contributed by atoms with Crippen LogP contribution in [0.25, 0.3) is 0 Å². The van der Waals surface area contributed by atoms with E-state index in [2.05, 4.69) is 22.9 Å². The molecule has 3 nitrogen and oxygen atoms in total. The third-order valence-corrected chi connectivity index (χ3v) is 3.02. The zero-order valence-electron chi connectivity index (χ0n) is 11.2. The van der Waals surface area contributed by atoms with Crippen LogP contribution in [0.15, 0.2) is 60.7 Å². The first-order chi connectivity index (χ1) is 9.84. The van der Waals surface area contributed by atoms with Crippen molar-refractivity contribution in [2.45, 2.75) is 13.0 Å². The third kappa shape index (κ3) is 5.38. The minimum atomic E-state index is 0.487. The van der Waals surface area contributed by atoms with Gasteiger partial charge in [-0.3, -0.25) is 4.84 Å². The molecule has 0 saturated carbocycles. The predicted molar refractivity (Wildman–Crippen MR) is 85.1 cm³/mol. The summed E-state index contributed by atoms with van der Waals surface area (Å²) in [4.78, 5) is 5.33. The van der Waals surface area contributed by atoms with Gasteiger partial charge in [-0.2, -0.15) is 0 Å². The van der Waals surface area contributed by atoms with Gasteiger partial charge in [-0.15, -0.1) is 0 Å². The molecule has 0 spiro atoms. The molecule has 0 unspecified atom stereocenters. The van der Waals surface area contributed by atoms with Crippen LogP contribution in [0.5, 0.6) is 0 Å². The van der Waals surface area contributed by atoms with Gasteiger partial charge < -0.3 is 5.32 Å². The molecule has 2 aromatic rings. The monoisotopic (exact) mass is 286 g/mol. The fraction of sp³-hybridized carbons (Fsp3) is 0.188. The van der Waals surface area contributed by atoms with Crippen LogP contribution in [0.1, 0.15) is 11.1 Å². The minimum absolute atomic E-state index is 0.487. The average molecular weight is 286 g/mol. The maximum atomic E-state index is 5.33. The Kier molecular flexibility index (Phi) is 6.02. The van der Waals surface area contributed by atoms with Gasteiger partial charge in [0.15, 0.2) is 5.11 Å². The highest BCUT2D eigenvalue weighted by molar-refractivity contribution is 7.80. The topological polar surface area (TPSA) is 33.3 Å². The van der Waals surface area contributed by atoms with Crippen LogP contribution in [0, 0.1) is 0 Å². The summed E-state index contributed by atoms with van der Waals surface area (Å²) in [5.41, 5.74) is 5.13. The van der Waals surface area contributed by atoms with Crippen molar-refractivity contribution in [3.8, 4) is 0 Å². The molecule has 2 N–H and O–H groups in total. The van der Waals surface area contributed by atoms with Crippen LogP contribution >= 0.6 is 12.2 Å². The van der Waals surface area contributed by atoms with Crippen molar-refractivity contribution >= 4 is 17.3 Å². The smallest absolute Gasteiger partial charge is 0.190 e. The van der Waals surface area contributed by atoms with E-state index in [9.17, 15) is 0 Å². The SMILES string of the molecule is S=C(NCCc1ccccc1)NOCc1ccccc1. The lowest BCUT2D eigenvalue weighted by molar-refractivity contribution is 0.0706. The van der Waals surface area contributed by atoms with Crippen molar-refractivity contribution < 1.29 is 4.84 Å². The van der Waals surface area contributed by atoms with Gasteiger partial charge in [0, 0.05) is 6.54 Å². The molecule has 0 aliphatic carbocycles. The van der Waals surface area contributed by atoms with Crippen LogP contribution < -0.4 is 10.8 Å². The second kappa shape index (κ2) is 8.30. The summed E-state index contributed by atoms with van der Waals surface area (Å²) in [5.74, 6) is 0. The highest BCUT2D eigenvalue weighted by Crippen LogP contribution is 1.99. The summed E-state index contributed by atoms with van der Waals surface area (Å²) in [6.45, 7) is 1.27. The molecule has 0 heterocycles. The normalized spacial score (nSPS) is 10.0. The first kappa shape index (κ1) is 14.5. The number of hydrogen-bond acceptors (Lipinski definition) is 2. The van der Waals surface area contributed by atoms with Crippen molar-refractivity contribution in [2.24, 2.45) is 0 Å². The first-order valence-electron chi connectivity index (χ1n) is 6.58. The highest BCUT2D eigenvalue weighted by Gasteiger charge is 1.97. The molecule has 2 aromatic carbocycles. The number of benzene rings is 2. The van der Waals surface area contributed by atoms with E-state index in [1.54, 1.807) is 0 Å². The summed E-state index contributed by atoms with van der Waals surface area (Å²) in [6, 6.07) is 20.2. The summed E-state index contributed by atoms with van der Waals surface area (Å²) in [7, 11) is 0. The highest BCUT2D eigenvalue weighted by atomic mass is 32.1. The summed E-state index contributed by atoms with van der Waals surface area (Å²) in [6.07, 6.45) is 0.932. The van der Waals surface area contributed by atoms with E-state index in [0.29, 0.717) is 11.7 Å². The molecule has 0 fully saturated rings. The van der Waals surface area contributed by atoms with Crippen molar-refractivity contribution in [3.05, 3.63) is 71.8 Å². The summed E-state index contributed by atoms with van der Waals surface area (Å²) < 4.78 is 0. The van der Waals surface area contributed by atoms with Crippen molar-refractivity contribution in [1.29, 1.82) is 0 Å². The van der Waals surface area contributed by atoms with Crippen LogP contribution in [0.3, 0.4) is 0 Å². The maximum Gasteiger partial charge on any atom is 0.190 e. The third-order valence-electron chi connectivity index (χ3n) is 2.79. The Balaban J connectivity index is 1.59. The van der Waals surface area contributed by atoms with Crippen LogP contribution in [-0.4, -0.2) is 11.7 Å². The zero-order chi connectivity index (χ0) is 14.0. The molecule has 0 aliphatic rings. The van der Waals surface area contributed by atoms with Crippen molar-refractivity contribution in [3.63, 3.8) is 0 Å². The number of hydroxylamine groups is 1. The van der Waals surface area contributed by atoms with Gasteiger partial charge in [-0.1, -0.05) is 60.7 Å². The standard InChI is InChI=1S/C16H18N2OS/c20-16(17-12-11-14-7-3-1-4-8-14)18-19-13-15-9-5-2-6-10-15/h1-10H,11-13H2,(H2,17,18,20). The number of rotatable bonds is 6. The van der Waals surface area contributed by atoms with E-state index in [4.69, 9.17) is 17.1 Å². The van der Waals surface area contributed by atoms with Crippen LogP contribution in [-0.2, 0) is 17.9 Å². The molecule has 0 aromatic heterocycles. The van der Waals surface area contributed by atoms with E-state index in [0.717, 1.165) is 18.5 Å². The van der Waals surface area contributed by atoms with Gasteiger partial charge >= 0.3 is 0 Å². The average Bonchev–Trinajstić information content (AvgIpc) is 2.49. The van der Waals surface area contributed by atoms with Gasteiger partial charge in [-0.25, -0.2) is 5.48 Å². The molecule has 2 rings (SSSR count). The molecule has 4 heteroatoms. The molecular weight excluding hydrogens is 268 g/mol. The van der Waals surface area contributed by atoms with Gasteiger partial charge in [0.1, 0.15) is 0 Å². The zero-order valence-corrected chi connectivity index (χ0v) is 12.0. The van der Waals surface area contributed by atoms with Crippen molar-refractivity contribution in [1.82, 2.24) is 10.8 Å².